The fourth-order valence-corrected chi connectivity index (χ4v) is 8.68. The van der Waals surface area contributed by atoms with Gasteiger partial charge in [-0.2, -0.15) is 4.31 Å². The van der Waals surface area contributed by atoms with Crippen LogP contribution in [0, 0.1) is 12.8 Å². The molecule has 1 aliphatic rings. The standard InChI is InChI=1S/C22H22N4O3S4/c1-13-23-15-7-8-16-20(19(15)31-13)32-22(24-16)25-21(27)14-9-11-26(12-10-14)33(28,29)18-6-4-3-5-17(18)30-2/h3-8,14H,9-12H2,1-2H3,(H,24,25,27). The molecule has 0 aliphatic carbocycles. The lowest BCUT2D eigenvalue weighted by Crippen LogP contribution is -2.41. The van der Waals surface area contributed by atoms with Crippen LogP contribution in [0.5, 0.6) is 0 Å². The molecule has 1 amide bonds. The van der Waals surface area contributed by atoms with Crippen LogP contribution in [-0.4, -0.2) is 47.9 Å². The van der Waals surface area contributed by atoms with Crippen LogP contribution in [0.15, 0.2) is 46.2 Å². The Morgan fingerprint density at radius 2 is 1.73 bits per heavy atom. The molecule has 0 atom stereocenters. The van der Waals surface area contributed by atoms with Gasteiger partial charge >= 0.3 is 0 Å². The monoisotopic (exact) mass is 518 g/mol. The molecule has 0 unspecified atom stereocenters. The zero-order valence-electron chi connectivity index (χ0n) is 18.1. The molecule has 7 nitrogen and oxygen atoms in total. The van der Waals surface area contributed by atoms with Crippen LogP contribution in [0.25, 0.3) is 20.4 Å². The number of carbonyl (C=O) groups excluding carboxylic acids is 1. The topological polar surface area (TPSA) is 92.3 Å². The molecule has 11 heteroatoms. The number of anilines is 1. The molecule has 0 bridgehead atoms. The second-order valence-corrected chi connectivity index (χ2v) is 12.8. The fourth-order valence-electron chi connectivity index (χ4n) is 4.07. The van der Waals surface area contributed by atoms with Crippen LogP contribution < -0.4 is 5.32 Å². The number of piperidine rings is 1. The molecule has 1 N–H and O–H groups in total. The highest BCUT2D eigenvalue weighted by Gasteiger charge is 2.33. The summed E-state index contributed by atoms with van der Waals surface area (Å²) in [5, 5.41) is 4.52. The second-order valence-electron chi connectivity index (χ2n) is 7.83. The highest BCUT2D eigenvalue weighted by molar-refractivity contribution is 7.99. The summed E-state index contributed by atoms with van der Waals surface area (Å²) < 4.78 is 29.9. The third-order valence-electron chi connectivity index (χ3n) is 5.76. The minimum atomic E-state index is -3.58. The lowest BCUT2D eigenvalue weighted by atomic mass is 9.97. The number of sulfonamides is 1. The summed E-state index contributed by atoms with van der Waals surface area (Å²) in [5.41, 5.74) is 1.79. The van der Waals surface area contributed by atoms with Crippen LogP contribution >= 0.6 is 34.4 Å². The smallest absolute Gasteiger partial charge is 0.244 e. The van der Waals surface area contributed by atoms with Gasteiger partial charge in [0.25, 0.3) is 0 Å². The Kier molecular flexibility index (Phi) is 6.17. The van der Waals surface area contributed by atoms with Crippen molar-refractivity contribution < 1.29 is 13.2 Å². The molecule has 33 heavy (non-hydrogen) atoms. The number of benzene rings is 2. The number of aryl methyl sites for hydroxylation is 1. The van der Waals surface area contributed by atoms with Gasteiger partial charge in [-0.3, -0.25) is 4.79 Å². The predicted molar refractivity (Wildman–Crippen MR) is 136 cm³/mol. The van der Waals surface area contributed by atoms with E-state index in [1.165, 1.54) is 27.4 Å². The summed E-state index contributed by atoms with van der Waals surface area (Å²) >= 11 is 4.50. The first kappa shape index (κ1) is 22.7. The van der Waals surface area contributed by atoms with E-state index in [2.05, 4.69) is 15.3 Å². The van der Waals surface area contributed by atoms with Gasteiger partial charge in [0.1, 0.15) is 0 Å². The van der Waals surface area contributed by atoms with Crippen molar-refractivity contribution in [2.24, 2.45) is 5.92 Å². The summed E-state index contributed by atoms with van der Waals surface area (Å²) in [5.74, 6) is -0.350. The zero-order chi connectivity index (χ0) is 23.2. The maximum atomic E-state index is 13.1. The Hall–Kier alpha value is -2.05. The van der Waals surface area contributed by atoms with Gasteiger partial charge in [0.2, 0.25) is 15.9 Å². The van der Waals surface area contributed by atoms with E-state index in [0.717, 1.165) is 30.3 Å². The van der Waals surface area contributed by atoms with E-state index in [0.29, 0.717) is 36.0 Å². The quantitative estimate of drug-likeness (QED) is 0.375. The molecular formula is C22H22N4O3S4. The molecule has 1 aliphatic heterocycles. The molecule has 1 fully saturated rings. The first-order valence-electron chi connectivity index (χ1n) is 10.5. The summed E-state index contributed by atoms with van der Waals surface area (Å²) in [6.07, 6.45) is 2.83. The van der Waals surface area contributed by atoms with Crippen molar-refractivity contribution >= 4 is 75.9 Å². The number of thioether (sulfide) groups is 1. The molecule has 5 rings (SSSR count). The Balaban J connectivity index is 1.28. The van der Waals surface area contributed by atoms with Crippen LogP contribution in [0.4, 0.5) is 5.13 Å². The average Bonchev–Trinajstić information content (AvgIpc) is 3.41. The van der Waals surface area contributed by atoms with Gasteiger partial charge in [-0.25, -0.2) is 18.4 Å². The van der Waals surface area contributed by atoms with Crippen molar-refractivity contribution in [1.29, 1.82) is 0 Å². The third kappa shape index (κ3) is 4.28. The molecule has 4 aromatic rings. The van der Waals surface area contributed by atoms with Gasteiger partial charge in [-0.1, -0.05) is 23.5 Å². The number of carbonyl (C=O) groups is 1. The normalized spacial score (nSPS) is 15.9. The maximum Gasteiger partial charge on any atom is 0.244 e. The third-order valence-corrected chi connectivity index (χ3v) is 10.8. The zero-order valence-corrected chi connectivity index (χ0v) is 21.3. The van der Waals surface area contributed by atoms with Crippen LogP contribution in [0.3, 0.4) is 0 Å². The van der Waals surface area contributed by atoms with E-state index in [9.17, 15) is 13.2 Å². The van der Waals surface area contributed by atoms with Gasteiger partial charge in [0, 0.05) is 23.9 Å². The number of thiazole rings is 2. The molecule has 1 saturated heterocycles. The molecule has 0 spiro atoms. The van der Waals surface area contributed by atoms with Crippen molar-refractivity contribution in [3.8, 4) is 0 Å². The summed E-state index contributed by atoms with van der Waals surface area (Å²) in [6, 6.07) is 10.9. The first-order valence-corrected chi connectivity index (χ1v) is 14.8. The number of nitrogens with one attached hydrogen (secondary N) is 1. The van der Waals surface area contributed by atoms with Crippen molar-refractivity contribution in [2.45, 2.75) is 29.6 Å². The number of fused-ring (bicyclic) bond motifs is 3. The molecule has 2 aromatic heterocycles. The van der Waals surface area contributed by atoms with Gasteiger partial charge < -0.3 is 5.32 Å². The SMILES string of the molecule is CSc1ccccc1S(=O)(=O)N1CCC(C(=O)Nc2nc3ccc4nc(C)sc4c3s2)CC1. The van der Waals surface area contributed by atoms with E-state index in [1.807, 2.05) is 37.4 Å². The van der Waals surface area contributed by atoms with Gasteiger partial charge in [-0.05, 0) is 50.3 Å². The van der Waals surface area contributed by atoms with Gasteiger partial charge in [0.05, 0.1) is 30.3 Å². The van der Waals surface area contributed by atoms with Crippen LogP contribution in [0.2, 0.25) is 0 Å². The lowest BCUT2D eigenvalue weighted by molar-refractivity contribution is -0.120. The number of aromatic nitrogens is 2. The van der Waals surface area contributed by atoms with E-state index < -0.39 is 10.0 Å². The Morgan fingerprint density at radius 1 is 1.06 bits per heavy atom. The maximum absolute atomic E-state index is 13.1. The number of amides is 1. The van der Waals surface area contributed by atoms with Crippen molar-refractivity contribution in [3.63, 3.8) is 0 Å². The Bertz CT molecular complexity index is 1450. The molecule has 3 heterocycles. The Labute approximate surface area is 204 Å². The minimum Gasteiger partial charge on any atom is -0.302 e. The summed E-state index contributed by atoms with van der Waals surface area (Å²) in [4.78, 5) is 23.1. The number of hydrogen-bond acceptors (Lipinski definition) is 8. The molecule has 0 radical (unpaired) electrons. The second kappa shape index (κ2) is 8.95. The van der Waals surface area contributed by atoms with Crippen LogP contribution in [-0.2, 0) is 14.8 Å². The first-order chi connectivity index (χ1) is 15.9. The molecule has 2 aromatic carbocycles. The molecule has 172 valence electrons. The van der Waals surface area contributed by atoms with E-state index in [1.54, 1.807) is 23.5 Å². The molecule has 0 saturated carbocycles. The number of rotatable bonds is 5. The van der Waals surface area contributed by atoms with Crippen LogP contribution in [0.1, 0.15) is 17.8 Å². The summed E-state index contributed by atoms with van der Waals surface area (Å²) in [7, 11) is -3.58. The highest BCUT2D eigenvalue weighted by Crippen LogP contribution is 2.36. The van der Waals surface area contributed by atoms with Crippen molar-refractivity contribution in [1.82, 2.24) is 14.3 Å². The number of nitrogens with zero attached hydrogens (tertiary/aromatic N) is 3. The van der Waals surface area contributed by atoms with Crippen molar-refractivity contribution in [3.05, 3.63) is 41.4 Å². The summed E-state index contributed by atoms with van der Waals surface area (Å²) in [6.45, 7) is 2.62. The number of hydrogen-bond donors (Lipinski definition) is 1. The largest absolute Gasteiger partial charge is 0.302 e. The van der Waals surface area contributed by atoms with Gasteiger partial charge in [-0.15, -0.1) is 23.1 Å². The lowest BCUT2D eigenvalue weighted by Gasteiger charge is -2.30. The minimum absolute atomic E-state index is 0.104. The van der Waals surface area contributed by atoms with Crippen molar-refractivity contribution in [2.75, 3.05) is 24.7 Å². The average molecular weight is 519 g/mol. The fraction of sp³-hybridized carbons (Fsp3) is 0.318. The highest BCUT2D eigenvalue weighted by atomic mass is 32.2. The van der Waals surface area contributed by atoms with E-state index in [-0.39, 0.29) is 11.8 Å². The molecular weight excluding hydrogens is 497 g/mol. The van der Waals surface area contributed by atoms with E-state index in [4.69, 9.17) is 0 Å². The predicted octanol–water partition coefficient (Wildman–Crippen LogP) is 4.98. The Morgan fingerprint density at radius 3 is 2.45 bits per heavy atom. The van der Waals surface area contributed by atoms with E-state index >= 15 is 0 Å². The van der Waals surface area contributed by atoms with Gasteiger partial charge in [0.15, 0.2) is 5.13 Å².